The number of nitrogens with one attached hydrogen (secondary N) is 1. The maximum absolute atomic E-state index is 13.4. The monoisotopic (exact) mass is 470 g/mol. The molecule has 3 aliphatic rings. The van der Waals surface area contributed by atoms with E-state index in [2.05, 4.69) is 52.2 Å². The molecular formula is C28H34N6O. The third kappa shape index (κ3) is 4.41. The highest BCUT2D eigenvalue weighted by atomic mass is 16.2. The van der Waals surface area contributed by atoms with Crippen LogP contribution >= 0.6 is 0 Å². The molecule has 1 saturated heterocycles. The van der Waals surface area contributed by atoms with Gasteiger partial charge in [-0.05, 0) is 55.9 Å². The zero-order valence-electron chi connectivity index (χ0n) is 20.4. The first-order valence-electron chi connectivity index (χ1n) is 12.9. The van der Waals surface area contributed by atoms with Gasteiger partial charge in [0.1, 0.15) is 0 Å². The molecular weight excluding hydrogens is 436 g/mol. The van der Waals surface area contributed by atoms with Crippen molar-refractivity contribution in [2.24, 2.45) is 16.6 Å². The normalized spacial score (nSPS) is 20.3. The maximum atomic E-state index is 13.4. The van der Waals surface area contributed by atoms with Gasteiger partial charge in [-0.3, -0.25) is 9.79 Å². The van der Waals surface area contributed by atoms with Crippen molar-refractivity contribution >= 4 is 40.1 Å². The summed E-state index contributed by atoms with van der Waals surface area (Å²) in [6, 6.07) is 14.8. The molecule has 0 spiro atoms. The van der Waals surface area contributed by atoms with Gasteiger partial charge in [-0.2, -0.15) is 0 Å². The lowest BCUT2D eigenvalue weighted by Crippen LogP contribution is -2.45. The molecule has 1 atom stereocenters. The fraction of sp³-hybridized carbons (Fsp3) is 0.429. The molecule has 1 unspecified atom stereocenters. The molecule has 0 bridgehead atoms. The first-order valence-corrected chi connectivity index (χ1v) is 12.9. The van der Waals surface area contributed by atoms with Crippen LogP contribution in [0.15, 0.2) is 47.5 Å². The van der Waals surface area contributed by atoms with Crippen molar-refractivity contribution in [3.05, 3.63) is 53.7 Å². The summed E-state index contributed by atoms with van der Waals surface area (Å²) < 4.78 is 2.40. The van der Waals surface area contributed by atoms with Gasteiger partial charge in [0.05, 0.1) is 29.0 Å². The Bertz CT molecular complexity index is 1290. The van der Waals surface area contributed by atoms with E-state index in [0.717, 1.165) is 67.7 Å². The van der Waals surface area contributed by atoms with Crippen molar-refractivity contribution in [2.75, 3.05) is 43.4 Å². The number of nitrogens with zero attached hydrogens (tertiary/aromatic N) is 4. The maximum Gasteiger partial charge on any atom is 0.254 e. The highest BCUT2D eigenvalue weighted by Gasteiger charge is 2.26. The van der Waals surface area contributed by atoms with Crippen LogP contribution in [0, 0.1) is 5.92 Å². The minimum absolute atomic E-state index is 0.0391. The summed E-state index contributed by atoms with van der Waals surface area (Å²) in [6.45, 7) is 4.14. The molecule has 0 radical (unpaired) electrons. The predicted octanol–water partition coefficient (Wildman–Crippen LogP) is 4.23. The number of likely N-dealkylation sites (N-methyl/N-ethyl adjacent to an activating group) is 1. The number of carbonyl (C=O) groups excluding carboxylic acids is 1. The zero-order valence-corrected chi connectivity index (χ0v) is 20.4. The first-order chi connectivity index (χ1) is 17.1. The fourth-order valence-electron chi connectivity index (χ4n) is 5.46. The van der Waals surface area contributed by atoms with Gasteiger partial charge in [0, 0.05) is 62.3 Å². The number of fused-ring (bicyclic) bond motifs is 2. The summed E-state index contributed by atoms with van der Waals surface area (Å²) in [5.41, 5.74) is 12.0. The van der Waals surface area contributed by atoms with E-state index in [1.165, 1.54) is 23.7 Å². The summed E-state index contributed by atoms with van der Waals surface area (Å²) in [4.78, 5) is 22.5. The summed E-state index contributed by atoms with van der Waals surface area (Å²) in [6.07, 6.45) is 6.51. The van der Waals surface area contributed by atoms with Crippen LogP contribution < -0.4 is 16.0 Å². The Morgan fingerprint density at radius 1 is 1.17 bits per heavy atom. The Kier molecular flexibility index (Phi) is 5.72. The Hall–Kier alpha value is -3.32. The number of hydrogen-bond acceptors (Lipinski definition) is 5. The van der Waals surface area contributed by atoms with E-state index in [0.29, 0.717) is 12.1 Å². The van der Waals surface area contributed by atoms with E-state index in [1.807, 2.05) is 23.2 Å². The molecule has 1 aromatic heterocycles. The van der Waals surface area contributed by atoms with E-state index in [1.54, 1.807) is 0 Å². The number of aliphatic imine (C=N–C) groups is 1. The number of carbonyl (C=O) groups is 1. The number of nitrogens with two attached hydrogens (primary N) is 1. The van der Waals surface area contributed by atoms with Gasteiger partial charge in [0.25, 0.3) is 5.91 Å². The molecule has 1 amide bonds. The number of benzene rings is 2. The van der Waals surface area contributed by atoms with Crippen LogP contribution in [0.25, 0.3) is 10.9 Å². The first kappa shape index (κ1) is 22.2. The van der Waals surface area contributed by atoms with Gasteiger partial charge in [-0.25, -0.2) is 0 Å². The van der Waals surface area contributed by atoms with Crippen molar-refractivity contribution in [3.8, 4) is 0 Å². The van der Waals surface area contributed by atoms with Gasteiger partial charge >= 0.3 is 0 Å². The lowest BCUT2D eigenvalue weighted by molar-refractivity contribution is 0.0709. The van der Waals surface area contributed by atoms with Crippen LogP contribution in [0.4, 0.5) is 17.1 Å². The summed E-state index contributed by atoms with van der Waals surface area (Å²) >= 11 is 0. The van der Waals surface area contributed by atoms with E-state index >= 15 is 0 Å². The highest BCUT2D eigenvalue weighted by molar-refractivity contribution is 6.00. The largest absolute Gasteiger partial charge is 0.382 e. The van der Waals surface area contributed by atoms with Gasteiger partial charge in [0.2, 0.25) is 0 Å². The molecule has 1 saturated carbocycles. The van der Waals surface area contributed by atoms with E-state index < -0.39 is 0 Å². The molecule has 7 nitrogen and oxygen atoms in total. The van der Waals surface area contributed by atoms with Gasteiger partial charge in [-0.1, -0.05) is 18.2 Å². The van der Waals surface area contributed by atoms with Gasteiger partial charge in [-0.15, -0.1) is 0 Å². The quantitative estimate of drug-likeness (QED) is 0.547. The Morgan fingerprint density at radius 2 is 2.03 bits per heavy atom. The summed E-state index contributed by atoms with van der Waals surface area (Å²) in [5, 5.41) is 4.73. The van der Waals surface area contributed by atoms with Crippen molar-refractivity contribution in [2.45, 2.75) is 38.3 Å². The second kappa shape index (κ2) is 9.04. The number of likely N-dealkylation sites (tertiary alicyclic amines) is 1. The molecule has 3 heterocycles. The minimum Gasteiger partial charge on any atom is -0.382 e. The fourth-order valence-corrected chi connectivity index (χ4v) is 5.46. The molecule has 3 N–H and O–H groups in total. The topological polar surface area (TPSA) is 78.9 Å². The number of hydrogen-bond donors (Lipinski definition) is 2. The van der Waals surface area contributed by atoms with E-state index in [9.17, 15) is 4.79 Å². The lowest BCUT2D eigenvalue weighted by atomic mass is 10.0. The van der Waals surface area contributed by atoms with Crippen LogP contribution in [0.2, 0.25) is 0 Å². The van der Waals surface area contributed by atoms with Crippen LogP contribution in [0.1, 0.15) is 41.7 Å². The molecule has 1 aliphatic carbocycles. The van der Waals surface area contributed by atoms with Crippen LogP contribution in [-0.2, 0) is 6.54 Å². The van der Waals surface area contributed by atoms with Crippen molar-refractivity contribution in [1.29, 1.82) is 0 Å². The van der Waals surface area contributed by atoms with Crippen molar-refractivity contribution in [3.63, 3.8) is 0 Å². The molecule has 2 fully saturated rings. The standard InChI is InChI=1S/C28H34N6O/c1-32-12-10-30-24-14-21(28(35)33-11-4-6-22(29)18-33)15-25(27(24)32)31-16-23-13-20-5-2-3-7-26(20)34(23)17-19-8-9-19/h2-3,5,7,13-16,19,22,30H,4,6,8-12,17-18,29H2,1H3/b31-16+. The van der Waals surface area contributed by atoms with Gasteiger partial charge < -0.3 is 25.4 Å². The number of rotatable bonds is 5. The number of para-hydroxylation sites is 1. The predicted molar refractivity (Wildman–Crippen MR) is 143 cm³/mol. The molecule has 3 aromatic rings. The molecule has 182 valence electrons. The summed E-state index contributed by atoms with van der Waals surface area (Å²) in [7, 11) is 2.09. The van der Waals surface area contributed by atoms with Crippen molar-refractivity contribution < 1.29 is 4.79 Å². The van der Waals surface area contributed by atoms with Crippen LogP contribution in [-0.4, -0.2) is 60.9 Å². The van der Waals surface area contributed by atoms with Crippen LogP contribution in [0.5, 0.6) is 0 Å². The number of aromatic nitrogens is 1. The third-order valence-corrected chi connectivity index (χ3v) is 7.54. The second-order valence-electron chi connectivity index (χ2n) is 10.3. The number of amides is 1. The van der Waals surface area contributed by atoms with Crippen LogP contribution in [0.3, 0.4) is 0 Å². The highest BCUT2D eigenvalue weighted by Crippen LogP contribution is 2.40. The number of piperidine rings is 1. The lowest BCUT2D eigenvalue weighted by Gasteiger charge is -2.33. The van der Waals surface area contributed by atoms with E-state index in [-0.39, 0.29) is 11.9 Å². The average molecular weight is 471 g/mol. The average Bonchev–Trinajstić information content (AvgIpc) is 3.62. The Morgan fingerprint density at radius 3 is 2.86 bits per heavy atom. The Balaban J connectivity index is 1.39. The summed E-state index contributed by atoms with van der Waals surface area (Å²) in [5.74, 6) is 0.801. The molecule has 7 heteroatoms. The Labute approximate surface area is 206 Å². The smallest absolute Gasteiger partial charge is 0.254 e. The molecule has 6 rings (SSSR count). The molecule has 2 aliphatic heterocycles. The second-order valence-corrected chi connectivity index (χ2v) is 10.3. The SMILES string of the molecule is CN1CCNc2cc(C(=O)N3CCCC(N)C3)cc(/N=C/c3cc4ccccc4n3CC3CC3)c21. The number of anilines is 2. The van der Waals surface area contributed by atoms with E-state index in [4.69, 9.17) is 10.7 Å². The molecule has 35 heavy (non-hydrogen) atoms. The third-order valence-electron chi connectivity index (χ3n) is 7.54. The minimum atomic E-state index is 0.0391. The van der Waals surface area contributed by atoms with Crippen molar-refractivity contribution in [1.82, 2.24) is 9.47 Å². The molecule has 2 aromatic carbocycles. The zero-order chi connectivity index (χ0) is 23.9. The van der Waals surface area contributed by atoms with Gasteiger partial charge in [0.15, 0.2) is 0 Å².